The molecule has 140 valence electrons. The van der Waals surface area contributed by atoms with Crippen molar-refractivity contribution in [2.75, 3.05) is 14.2 Å². The molecule has 3 aromatic rings. The number of aromatic nitrogens is 1. The second kappa shape index (κ2) is 7.27. The van der Waals surface area contributed by atoms with E-state index in [2.05, 4.69) is 4.57 Å². The molecule has 0 N–H and O–H groups in total. The highest BCUT2D eigenvalue weighted by Crippen LogP contribution is 2.36. The largest absolute Gasteiger partial charge is 0.497 e. The molecule has 2 aromatic carbocycles. The number of esters is 1. The van der Waals surface area contributed by atoms with Gasteiger partial charge in [0.05, 0.1) is 20.6 Å². The van der Waals surface area contributed by atoms with Crippen molar-refractivity contribution in [3.8, 4) is 16.9 Å². The number of rotatable bonds is 6. The third kappa shape index (κ3) is 3.58. The lowest BCUT2D eigenvalue weighted by atomic mass is 10.00. The van der Waals surface area contributed by atoms with Crippen molar-refractivity contribution in [3.63, 3.8) is 0 Å². The number of carbonyl (C=O) groups is 2. The first-order chi connectivity index (χ1) is 12.9. The van der Waals surface area contributed by atoms with E-state index >= 15 is 0 Å². The number of methoxy groups -OCH3 is 2. The first-order valence-corrected chi connectivity index (χ1v) is 8.71. The zero-order valence-corrected chi connectivity index (χ0v) is 16.0. The first-order valence-electron chi connectivity index (χ1n) is 8.71. The van der Waals surface area contributed by atoms with Crippen molar-refractivity contribution in [2.45, 2.75) is 25.8 Å². The van der Waals surface area contributed by atoms with E-state index in [0.29, 0.717) is 5.56 Å². The van der Waals surface area contributed by atoms with Crippen LogP contribution < -0.4 is 4.74 Å². The molecule has 0 saturated heterocycles. The molecular weight excluding hydrogens is 342 g/mol. The summed E-state index contributed by atoms with van der Waals surface area (Å²) in [6.07, 6.45) is 3.11. The Balaban J connectivity index is 2.20. The molecule has 0 aliphatic rings. The van der Waals surface area contributed by atoms with Gasteiger partial charge in [-0.3, -0.25) is 9.59 Å². The highest BCUT2D eigenvalue weighted by atomic mass is 16.5. The summed E-state index contributed by atoms with van der Waals surface area (Å²) in [5, 5.41) is 0.961. The van der Waals surface area contributed by atoms with Gasteiger partial charge in [-0.2, -0.15) is 0 Å². The second-order valence-electron chi connectivity index (χ2n) is 7.10. The fourth-order valence-corrected chi connectivity index (χ4v) is 3.33. The molecule has 0 amide bonds. The maximum atomic E-state index is 11.9. The average Bonchev–Trinajstić information content (AvgIpc) is 3.07. The molecule has 27 heavy (non-hydrogen) atoms. The molecular formula is C22H23NO4. The van der Waals surface area contributed by atoms with Gasteiger partial charge < -0.3 is 14.0 Å². The van der Waals surface area contributed by atoms with Gasteiger partial charge in [0.25, 0.3) is 0 Å². The predicted molar refractivity (Wildman–Crippen MR) is 105 cm³/mol. The highest BCUT2D eigenvalue weighted by molar-refractivity contribution is 5.99. The summed E-state index contributed by atoms with van der Waals surface area (Å²) in [6.45, 7) is 3.99. The van der Waals surface area contributed by atoms with Crippen LogP contribution in [-0.2, 0) is 15.1 Å². The van der Waals surface area contributed by atoms with Crippen LogP contribution >= 0.6 is 0 Å². The SMILES string of the molecule is COC(=O)CC(C)(C)n1cc(-c2ccc(OC)cc2)c2cc(C=O)ccc21. The molecule has 1 heterocycles. The number of fused-ring (bicyclic) bond motifs is 1. The fraction of sp³-hybridized carbons (Fsp3) is 0.273. The Bertz CT molecular complexity index is 983. The van der Waals surface area contributed by atoms with Crippen LogP contribution in [0.4, 0.5) is 0 Å². The van der Waals surface area contributed by atoms with Crippen molar-refractivity contribution < 1.29 is 19.1 Å². The monoisotopic (exact) mass is 365 g/mol. The van der Waals surface area contributed by atoms with E-state index in [4.69, 9.17) is 9.47 Å². The summed E-state index contributed by atoms with van der Waals surface area (Å²) in [5.74, 6) is 0.513. The summed E-state index contributed by atoms with van der Waals surface area (Å²) >= 11 is 0. The van der Waals surface area contributed by atoms with E-state index in [-0.39, 0.29) is 12.4 Å². The zero-order valence-electron chi connectivity index (χ0n) is 16.0. The zero-order chi connectivity index (χ0) is 19.6. The van der Waals surface area contributed by atoms with Gasteiger partial charge in [0, 0.05) is 33.8 Å². The van der Waals surface area contributed by atoms with Gasteiger partial charge in [-0.05, 0) is 49.7 Å². The van der Waals surface area contributed by atoms with Gasteiger partial charge in [0.1, 0.15) is 12.0 Å². The molecule has 5 nitrogen and oxygen atoms in total. The van der Waals surface area contributed by atoms with Gasteiger partial charge in [-0.1, -0.05) is 12.1 Å². The Hall–Kier alpha value is -3.08. The van der Waals surface area contributed by atoms with Gasteiger partial charge in [0.2, 0.25) is 0 Å². The molecule has 0 aliphatic carbocycles. The minimum absolute atomic E-state index is 0.241. The molecule has 0 bridgehead atoms. The van der Waals surface area contributed by atoms with Crippen molar-refractivity contribution in [1.82, 2.24) is 4.57 Å². The lowest BCUT2D eigenvalue weighted by molar-refractivity contribution is -0.142. The first kappa shape index (κ1) is 18.7. The van der Waals surface area contributed by atoms with E-state index in [1.165, 1.54) is 7.11 Å². The quantitative estimate of drug-likeness (QED) is 0.479. The number of nitrogens with zero attached hydrogens (tertiary/aromatic N) is 1. The number of hydrogen-bond donors (Lipinski definition) is 0. The van der Waals surface area contributed by atoms with Crippen LogP contribution in [-0.4, -0.2) is 31.0 Å². The lowest BCUT2D eigenvalue weighted by Gasteiger charge is -2.27. The molecule has 1 aromatic heterocycles. The van der Waals surface area contributed by atoms with Gasteiger partial charge in [0.15, 0.2) is 0 Å². The van der Waals surface area contributed by atoms with Crippen molar-refractivity contribution >= 4 is 23.2 Å². The number of hydrogen-bond acceptors (Lipinski definition) is 4. The topological polar surface area (TPSA) is 57.5 Å². The Morgan fingerprint density at radius 3 is 2.41 bits per heavy atom. The molecule has 0 aliphatic heterocycles. The lowest BCUT2D eigenvalue weighted by Crippen LogP contribution is -2.29. The maximum Gasteiger partial charge on any atom is 0.307 e. The molecule has 0 unspecified atom stereocenters. The summed E-state index contributed by atoms with van der Waals surface area (Å²) in [4.78, 5) is 23.2. The number of carbonyl (C=O) groups excluding carboxylic acids is 2. The Morgan fingerprint density at radius 2 is 1.81 bits per heavy atom. The van der Waals surface area contributed by atoms with Crippen molar-refractivity contribution in [1.29, 1.82) is 0 Å². The van der Waals surface area contributed by atoms with Crippen LogP contribution in [0, 0.1) is 0 Å². The molecule has 0 fully saturated rings. The number of ether oxygens (including phenoxy) is 2. The third-order valence-electron chi connectivity index (χ3n) is 4.82. The highest BCUT2D eigenvalue weighted by Gasteiger charge is 2.27. The third-order valence-corrected chi connectivity index (χ3v) is 4.82. The average molecular weight is 365 g/mol. The molecule has 3 rings (SSSR count). The van der Waals surface area contributed by atoms with E-state index in [9.17, 15) is 9.59 Å². The van der Waals surface area contributed by atoms with Gasteiger partial charge in [-0.15, -0.1) is 0 Å². The van der Waals surface area contributed by atoms with Crippen LogP contribution in [0.15, 0.2) is 48.7 Å². The Kier molecular flexibility index (Phi) is 5.04. The van der Waals surface area contributed by atoms with Crippen LogP contribution in [0.2, 0.25) is 0 Å². The van der Waals surface area contributed by atoms with Crippen LogP contribution in [0.25, 0.3) is 22.0 Å². The molecule has 0 spiro atoms. The van der Waals surface area contributed by atoms with Gasteiger partial charge >= 0.3 is 5.97 Å². The summed E-state index contributed by atoms with van der Waals surface area (Å²) < 4.78 is 12.2. The van der Waals surface area contributed by atoms with Crippen molar-refractivity contribution in [3.05, 3.63) is 54.2 Å². The van der Waals surface area contributed by atoms with Crippen LogP contribution in [0.3, 0.4) is 0 Å². The van der Waals surface area contributed by atoms with Crippen molar-refractivity contribution in [2.24, 2.45) is 0 Å². The number of aldehydes is 1. The Labute approximate surface area is 158 Å². The summed E-state index contributed by atoms with van der Waals surface area (Å²) in [7, 11) is 3.03. The Morgan fingerprint density at radius 1 is 1.11 bits per heavy atom. The minimum Gasteiger partial charge on any atom is -0.497 e. The summed E-state index contributed by atoms with van der Waals surface area (Å²) in [5.41, 5.74) is 3.09. The summed E-state index contributed by atoms with van der Waals surface area (Å²) in [6, 6.07) is 13.4. The van der Waals surface area contributed by atoms with E-state index in [1.807, 2.05) is 56.4 Å². The molecule has 5 heteroatoms. The predicted octanol–water partition coefficient (Wildman–Crippen LogP) is 4.43. The van der Waals surface area contributed by atoms with Gasteiger partial charge in [-0.25, -0.2) is 0 Å². The standard InChI is InChI=1S/C22H23NO4/c1-22(2,12-21(25)27-4)23-13-19(16-6-8-17(26-3)9-7-16)18-11-15(14-24)5-10-20(18)23/h5-11,13-14H,12H2,1-4H3. The molecule has 0 atom stereocenters. The van der Waals surface area contributed by atoms with E-state index < -0.39 is 5.54 Å². The number of benzene rings is 2. The van der Waals surface area contributed by atoms with E-state index in [0.717, 1.165) is 34.1 Å². The second-order valence-corrected chi connectivity index (χ2v) is 7.10. The van der Waals surface area contributed by atoms with E-state index in [1.54, 1.807) is 13.2 Å². The molecule has 0 radical (unpaired) electrons. The fourth-order valence-electron chi connectivity index (χ4n) is 3.33. The maximum absolute atomic E-state index is 11.9. The normalized spacial score (nSPS) is 11.4. The van der Waals surface area contributed by atoms with Crippen LogP contribution in [0.5, 0.6) is 5.75 Å². The van der Waals surface area contributed by atoms with Crippen LogP contribution in [0.1, 0.15) is 30.6 Å². The molecule has 0 saturated carbocycles. The minimum atomic E-state index is -0.487. The smallest absolute Gasteiger partial charge is 0.307 e.